The van der Waals surface area contributed by atoms with Gasteiger partial charge in [0.15, 0.2) is 11.5 Å². The molecule has 4 aromatic carbocycles. The molecule has 4 saturated heterocycles. The molecule has 4 aromatic rings. The maximum atomic E-state index is 14.0. The van der Waals surface area contributed by atoms with Crippen LogP contribution in [0.25, 0.3) is 0 Å². The van der Waals surface area contributed by atoms with E-state index in [0.29, 0.717) is 53.4 Å². The summed E-state index contributed by atoms with van der Waals surface area (Å²) in [5.74, 6) is 2.08. The number of carbonyl (C=O) groups excluding carboxylic acids is 3. The molecule has 1 unspecified atom stereocenters. The van der Waals surface area contributed by atoms with E-state index >= 15 is 0 Å². The van der Waals surface area contributed by atoms with Crippen LogP contribution in [-0.2, 0) is 40.3 Å². The number of Topliss-reactive ketones (excluding diaryl/α,β-unsaturated/α-hetero) is 1. The number of quaternary nitrogens is 1. The van der Waals surface area contributed by atoms with Gasteiger partial charge in [-0.05, 0) is 80.2 Å². The molecule has 1 atom stereocenters. The number of amides is 2. The molecular formula is C51H65FIN7O6. The molecule has 4 fully saturated rings. The first-order valence-corrected chi connectivity index (χ1v) is 23.1. The zero-order chi connectivity index (χ0) is 45.6. The lowest BCUT2D eigenvalue weighted by Crippen LogP contribution is -3.00. The maximum absolute atomic E-state index is 14.0. The first-order chi connectivity index (χ1) is 31.4. The van der Waals surface area contributed by atoms with Crippen LogP contribution in [0.2, 0.25) is 0 Å². The summed E-state index contributed by atoms with van der Waals surface area (Å²) >= 11 is 0. The molecule has 3 N–H and O–H groups in total. The molecule has 66 heavy (non-hydrogen) atoms. The number of piperidine rings is 2. The van der Waals surface area contributed by atoms with Crippen LogP contribution in [0.1, 0.15) is 66.0 Å². The molecule has 6 heterocycles. The summed E-state index contributed by atoms with van der Waals surface area (Å²) in [7, 11) is 8.00. The first-order valence-electron chi connectivity index (χ1n) is 23.1. The molecule has 2 spiro atoms. The van der Waals surface area contributed by atoms with Crippen molar-refractivity contribution in [2.24, 2.45) is 0 Å². The first kappa shape index (κ1) is 49.3. The number of halogens is 2. The van der Waals surface area contributed by atoms with Gasteiger partial charge in [0.05, 0.1) is 64.1 Å². The molecule has 354 valence electrons. The van der Waals surface area contributed by atoms with Crippen LogP contribution in [-0.4, -0.2) is 129 Å². The Balaban J connectivity index is 0.000000151. The monoisotopic (exact) mass is 1020 g/mol. The zero-order valence-electron chi connectivity index (χ0n) is 38.8. The minimum absolute atomic E-state index is 0. The standard InChI is InChI=1S/C22H25FNO4.C15H21N3O.C14H19N3O.HI/c1-24(2)9-8-15-11-19-21(28-13-27-19)22(26-3)20(15)18(24)12-16(25)10-14-6-4-5-7-17(14)23;1-17-9-7-15(8-10-17)16-11-14(19)18(15)12-13-5-3-2-4-6-13;18-13-10-16-14(6-8-15-9-7-14)17(13)11-12-4-2-1-3-5-12;/h4-7,11,18H,8-10,12-13H2,1-3H3;2-6,16H,7-12H2,1H3;1-5,15-16H,6-11H2;1H/q+1;;;/p-1. The molecule has 0 radical (unpaired) electrons. The average Bonchev–Trinajstić information content (AvgIpc) is 4.00. The van der Waals surface area contributed by atoms with Gasteiger partial charge >= 0.3 is 0 Å². The molecule has 0 aromatic heterocycles. The van der Waals surface area contributed by atoms with E-state index in [1.165, 1.54) is 17.2 Å². The average molecular weight is 1020 g/mol. The molecule has 0 saturated carbocycles. The predicted octanol–water partition coefficient (Wildman–Crippen LogP) is 2.18. The van der Waals surface area contributed by atoms with Gasteiger partial charge in [0.2, 0.25) is 24.4 Å². The third-order valence-corrected chi connectivity index (χ3v) is 14.2. The highest BCUT2D eigenvalue weighted by Crippen LogP contribution is 2.51. The van der Waals surface area contributed by atoms with Crippen molar-refractivity contribution in [2.75, 3.05) is 80.9 Å². The molecule has 0 aliphatic carbocycles. The smallest absolute Gasteiger partial charge is 0.238 e. The summed E-state index contributed by atoms with van der Waals surface area (Å²) < 4.78 is 31.5. The number of benzene rings is 4. The van der Waals surface area contributed by atoms with Gasteiger partial charge < -0.3 is 62.7 Å². The molecule has 6 aliphatic rings. The third-order valence-electron chi connectivity index (χ3n) is 14.2. The second kappa shape index (κ2) is 21.5. The Morgan fingerprint density at radius 1 is 0.818 bits per heavy atom. The lowest BCUT2D eigenvalue weighted by molar-refractivity contribution is -0.922. The topological polar surface area (TPSA) is 125 Å². The Morgan fingerprint density at radius 2 is 1.38 bits per heavy atom. The van der Waals surface area contributed by atoms with Crippen LogP contribution in [0.4, 0.5) is 4.39 Å². The number of methoxy groups -OCH3 is 1. The summed E-state index contributed by atoms with van der Waals surface area (Å²) in [5.41, 5.74) is 4.75. The highest BCUT2D eigenvalue weighted by molar-refractivity contribution is 5.83. The Morgan fingerprint density at radius 3 is 1.95 bits per heavy atom. The molecule has 0 bridgehead atoms. The number of ether oxygens (including phenoxy) is 3. The summed E-state index contributed by atoms with van der Waals surface area (Å²) in [4.78, 5) is 43.6. The fourth-order valence-electron chi connectivity index (χ4n) is 10.3. The number of hydrogen-bond donors (Lipinski definition) is 3. The summed E-state index contributed by atoms with van der Waals surface area (Å²) in [6.07, 6.45) is 5.28. The number of ketones is 1. The second-order valence-electron chi connectivity index (χ2n) is 18.7. The molecule has 6 aliphatic heterocycles. The highest BCUT2D eigenvalue weighted by atomic mass is 127. The van der Waals surface area contributed by atoms with Crippen LogP contribution in [0.3, 0.4) is 0 Å². The number of likely N-dealkylation sites (N-methyl/N-ethyl adjacent to an activating group) is 1. The van der Waals surface area contributed by atoms with Crippen LogP contribution in [0, 0.1) is 5.82 Å². The van der Waals surface area contributed by atoms with E-state index in [1.807, 2.05) is 47.4 Å². The minimum atomic E-state index is -0.338. The van der Waals surface area contributed by atoms with E-state index in [4.69, 9.17) is 14.2 Å². The quantitative estimate of drug-likeness (QED) is 0.170. The van der Waals surface area contributed by atoms with Gasteiger partial charge in [-0.3, -0.25) is 25.0 Å². The van der Waals surface area contributed by atoms with Crippen molar-refractivity contribution in [1.29, 1.82) is 0 Å². The van der Waals surface area contributed by atoms with E-state index in [1.54, 1.807) is 25.3 Å². The van der Waals surface area contributed by atoms with Crippen LogP contribution in [0.15, 0.2) is 91.0 Å². The van der Waals surface area contributed by atoms with Crippen molar-refractivity contribution >= 4 is 17.6 Å². The number of fused-ring (bicyclic) bond motifs is 2. The van der Waals surface area contributed by atoms with Crippen molar-refractivity contribution in [1.82, 2.24) is 30.7 Å². The number of nitrogens with one attached hydrogen (secondary N) is 3. The van der Waals surface area contributed by atoms with Crippen LogP contribution >= 0.6 is 0 Å². The fraction of sp³-hybridized carbons (Fsp3) is 0.471. The molecular weight excluding hydrogens is 953 g/mol. The minimum Gasteiger partial charge on any atom is -1.00 e. The Bertz CT molecular complexity index is 2310. The molecule has 15 heteroatoms. The summed E-state index contributed by atoms with van der Waals surface area (Å²) in [6.45, 7) is 7.51. The number of likely N-dealkylation sites (tertiary alicyclic amines) is 1. The van der Waals surface area contributed by atoms with E-state index in [2.05, 4.69) is 71.2 Å². The van der Waals surface area contributed by atoms with Crippen LogP contribution < -0.4 is 54.1 Å². The van der Waals surface area contributed by atoms with Gasteiger partial charge in [0.1, 0.15) is 17.6 Å². The van der Waals surface area contributed by atoms with Gasteiger partial charge in [-0.15, -0.1) is 0 Å². The summed E-state index contributed by atoms with van der Waals surface area (Å²) in [6, 6.07) is 28.9. The van der Waals surface area contributed by atoms with Crippen molar-refractivity contribution < 1.29 is 61.4 Å². The lowest BCUT2D eigenvalue weighted by Gasteiger charge is -2.43. The number of hydrogen-bond acceptors (Lipinski definition) is 10. The Hall–Kier alpha value is -4.65. The Labute approximate surface area is 405 Å². The number of nitrogens with zero attached hydrogens (tertiary/aromatic N) is 4. The lowest BCUT2D eigenvalue weighted by atomic mass is 9.86. The van der Waals surface area contributed by atoms with Crippen molar-refractivity contribution in [2.45, 2.75) is 75.4 Å². The van der Waals surface area contributed by atoms with Gasteiger partial charge in [-0.2, -0.15) is 0 Å². The van der Waals surface area contributed by atoms with Crippen molar-refractivity contribution in [3.8, 4) is 17.2 Å². The van der Waals surface area contributed by atoms with Crippen molar-refractivity contribution in [3.05, 3.63) is 125 Å². The second-order valence-corrected chi connectivity index (χ2v) is 18.7. The van der Waals surface area contributed by atoms with E-state index in [9.17, 15) is 18.8 Å². The largest absolute Gasteiger partial charge is 1.00 e. The predicted molar refractivity (Wildman–Crippen MR) is 247 cm³/mol. The van der Waals surface area contributed by atoms with E-state index in [-0.39, 0.29) is 78.0 Å². The fourth-order valence-corrected chi connectivity index (χ4v) is 10.3. The van der Waals surface area contributed by atoms with Gasteiger partial charge in [-0.25, -0.2) is 4.39 Å². The molecule has 13 nitrogen and oxygen atoms in total. The third kappa shape index (κ3) is 10.9. The number of rotatable bonds is 9. The molecule has 2 amide bonds. The summed E-state index contributed by atoms with van der Waals surface area (Å²) in [5, 5.41) is 10.2. The van der Waals surface area contributed by atoms with Gasteiger partial charge in [0, 0.05) is 39.0 Å². The van der Waals surface area contributed by atoms with E-state index in [0.717, 1.165) is 82.5 Å². The highest BCUT2D eigenvalue weighted by Gasteiger charge is 2.47. The Kier molecular flexibility index (Phi) is 16.1. The van der Waals surface area contributed by atoms with Gasteiger partial charge in [-0.1, -0.05) is 78.9 Å². The SMILES string of the molecule is CN1CCC2(CC1)NCC(=O)N2Cc1ccccc1.COc1c2c(cc3c1C(CC(=O)Cc1ccccc1F)[N+](C)(C)CC3)OCO2.O=C1CNC2(CCNCC2)N1Cc1ccccc1.[I-]. The van der Waals surface area contributed by atoms with Crippen LogP contribution in [0.5, 0.6) is 17.2 Å². The zero-order valence-corrected chi connectivity index (χ0v) is 40.9. The van der Waals surface area contributed by atoms with Crippen molar-refractivity contribution in [3.63, 3.8) is 0 Å². The number of carbonyl (C=O) groups is 3. The van der Waals surface area contributed by atoms with E-state index < -0.39 is 0 Å². The molecule has 10 rings (SSSR count). The normalized spacial score (nSPS) is 21.0. The maximum Gasteiger partial charge on any atom is 0.238 e. The van der Waals surface area contributed by atoms with Gasteiger partial charge in [0.25, 0.3) is 0 Å².